The van der Waals surface area contributed by atoms with Gasteiger partial charge in [-0.25, -0.2) is 0 Å². The molecule has 0 rings (SSSR count). The molecule has 0 aliphatic heterocycles. The Morgan fingerprint density at radius 2 is 1.58 bits per heavy atom. The van der Waals surface area contributed by atoms with E-state index in [-0.39, 0.29) is 5.92 Å². The third-order valence-electron chi connectivity index (χ3n) is 2.07. The first-order valence-electron chi connectivity index (χ1n) is 4.96. The van der Waals surface area contributed by atoms with E-state index < -0.39 is 0 Å². The zero-order valence-corrected chi connectivity index (χ0v) is 9.05. The first-order chi connectivity index (χ1) is 5.43. The summed E-state index contributed by atoms with van der Waals surface area (Å²) in [5.41, 5.74) is 0. The van der Waals surface area contributed by atoms with Crippen LogP contribution < -0.4 is 0 Å². The van der Waals surface area contributed by atoms with Crippen molar-refractivity contribution in [2.24, 2.45) is 17.8 Å². The Bertz CT molecular complexity index is 136. The summed E-state index contributed by atoms with van der Waals surface area (Å²) >= 11 is 0. The summed E-state index contributed by atoms with van der Waals surface area (Å²) in [7, 11) is 0. The summed E-state index contributed by atoms with van der Waals surface area (Å²) in [6, 6.07) is 0. The molecule has 0 spiro atoms. The highest BCUT2D eigenvalue weighted by Crippen LogP contribution is 2.16. The van der Waals surface area contributed by atoms with Crippen LogP contribution >= 0.6 is 0 Å². The molecule has 0 fully saturated rings. The molecule has 0 aromatic rings. The van der Waals surface area contributed by atoms with Crippen LogP contribution in [0.3, 0.4) is 0 Å². The molecule has 0 heterocycles. The number of carbonyl (C=O) groups is 1. The lowest BCUT2D eigenvalue weighted by Crippen LogP contribution is -2.12. The molecule has 0 bridgehead atoms. The molecule has 0 saturated carbocycles. The summed E-state index contributed by atoms with van der Waals surface area (Å²) in [5, 5.41) is 0. The van der Waals surface area contributed by atoms with E-state index >= 15 is 0 Å². The van der Waals surface area contributed by atoms with Crippen LogP contribution in [-0.2, 0) is 4.79 Å². The summed E-state index contributed by atoms with van der Waals surface area (Å²) in [5.74, 6) is 1.88. The molecule has 12 heavy (non-hydrogen) atoms. The highest BCUT2D eigenvalue weighted by molar-refractivity contribution is 5.80. The van der Waals surface area contributed by atoms with Crippen molar-refractivity contribution < 1.29 is 4.79 Å². The molecule has 1 nitrogen and oxygen atoms in total. The van der Waals surface area contributed by atoms with Gasteiger partial charge in [-0.05, 0) is 18.3 Å². The molecule has 0 saturated heterocycles. The van der Waals surface area contributed by atoms with Gasteiger partial charge in [-0.3, -0.25) is 4.79 Å². The van der Waals surface area contributed by atoms with E-state index in [0.29, 0.717) is 17.6 Å². The molecule has 0 N–H and O–H groups in total. The third kappa shape index (κ3) is 5.34. The van der Waals surface area contributed by atoms with Gasteiger partial charge in [0.25, 0.3) is 0 Å². The van der Waals surface area contributed by atoms with E-state index in [1.807, 2.05) is 13.8 Å². The molecule has 0 aliphatic rings. The van der Waals surface area contributed by atoms with E-state index in [2.05, 4.69) is 20.8 Å². The van der Waals surface area contributed by atoms with E-state index in [4.69, 9.17) is 0 Å². The number of rotatable bonds is 5. The fourth-order valence-electron chi connectivity index (χ4n) is 1.47. The van der Waals surface area contributed by atoms with Gasteiger partial charge in [-0.2, -0.15) is 0 Å². The van der Waals surface area contributed by atoms with Gasteiger partial charge in [0.05, 0.1) is 0 Å². The monoisotopic (exact) mass is 170 g/mol. The minimum atomic E-state index is 0.208. The van der Waals surface area contributed by atoms with Crippen LogP contribution in [0, 0.1) is 17.8 Å². The molecule has 0 unspecified atom stereocenters. The average molecular weight is 170 g/mol. The Labute approximate surface area is 76.6 Å². The van der Waals surface area contributed by atoms with Crippen molar-refractivity contribution in [1.82, 2.24) is 0 Å². The second-order valence-corrected chi connectivity index (χ2v) is 4.56. The summed E-state index contributed by atoms with van der Waals surface area (Å²) < 4.78 is 0. The summed E-state index contributed by atoms with van der Waals surface area (Å²) in [6.07, 6.45) is 1.92. The number of Topliss-reactive ketones (excluding diaryl/α,β-unsaturated/α-hetero) is 1. The third-order valence-corrected chi connectivity index (χ3v) is 2.07. The second kappa shape index (κ2) is 5.34. The largest absolute Gasteiger partial charge is 0.299 e. The standard InChI is InChI=1S/C11H22O/c1-8(2)6-10(5)7-11(12)9(3)4/h8-10H,6-7H2,1-5H3/t10-/m0/s1. The average Bonchev–Trinajstić information content (AvgIpc) is 1.84. The molecule has 1 atom stereocenters. The van der Waals surface area contributed by atoms with Gasteiger partial charge in [0.1, 0.15) is 5.78 Å². The summed E-state index contributed by atoms with van der Waals surface area (Å²) in [4.78, 5) is 11.3. The van der Waals surface area contributed by atoms with Crippen LogP contribution in [0.1, 0.15) is 47.5 Å². The fraction of sp³-hybridized carbons (Fsp3) is 0.909. The lowest BCUT2D eigenvalue weighted by molar-refractivity contribution is -0.122. The smallest absolute Gasteiger partial charge is 0.135 e. The molecule has 0 aromatic heterocycles. The molecule has 0 aliphatic carbocycles. The van der Waals surface area contributed by atoms with E-state index in [0.717, 1.165) is 6.42 Å². The normalized spacial score (nSPS) is 13.9. The van der Waals surface area contributed by atoms with Crippen LogP contribution in [0.2, 0.25) is 0 Å². The number of hydrogen-bond donors (Lipinski definition) is 0. The lowest BCUT2D eigenvalue weighted by atomic mass is 9.91. The quantitative estimate of drug-likeness (QED) is 0.619. The molecule has 1 heteroatoms. The number of ketones is 1. The predicted molar refractivity (Wildman–Crippen MR) is 53.1 cm³/mol. The predicted octanol–water partition coefficient (Wildman–Crippen LogP) is 3.28. The van der Waals surface area contributed by atoms with Gasteiger partial charge in [0.15, 0.2) is 0 Å². The first-order valence-corrected chi connectivity index (χ1v) is 4.96. The van der Waals surface area contributed by atoms with Crippen molar-refractivity contribution in [3.63, 3.8) is 0 Å². The minimum absolute atomic E-state index is 0.208. The van der Waals surface area contributed by atoms with E-state index in [1.54, 1.807) is 0 Å². The molecule has 0 aromatic carbocycles. The van der Waals surface area contributed by atoms with Crippen molar-refractivity contribution >= 4 is 5.78 Å². The van der Waals surface area contributed by atoms with Gasteiger partial charge in [-0.15, -0.1) is 0 Å². The van der Waals surface area contributed by atoms with Gasteiger partial charge >= 0.3 is 0 Å². The maximum absolute atomic E-state index is 11.3. The van der Waals surface area contributed by atoms with E-state index in [1.165, 1.54) is 6.42 Å². The number of carbonyl (C=O) groups excluding carboxylic acids is 1. The second-order valence-electron chi connectivity index (χ2n) is 4.56. The van der Waals surface area contributed by atoms with Crippen molar-refractivity contribution in [2.45, 2.75) is 47.5 Å². The van der Waals surface area contributed by atoms with Crippen molar-refractivity contribution in [2.75, 3.05) is 0 Å². The van der Waals surface area contributed by atoms with Crippen LogP contribution in [0.25, 0.3) is 0 Å². The lowest BCUT2D eigenvalue weighted by Gasteiger charge is -2.13. The fourth-order valence-corrected chi connectivity index (χ4v) is 1.47. The van der Waals surface area contributed by atoms with Gasteiger partial charge < -0.3 is 0 Å². The summed E-state index contributed by atoms with van der Waals surface area (Å²) in [6.45, 7) is 10.5. The highest BCUT2D eigenvalue weighted by Gasteiger charge is 2.12. The van der Waals surface area contributed by atoms with E-state index in [9.17, 15) is 4.79 Å². The molecule has 0 radical (unpaired) electrons. The van der Waals surface area contributed by atoms with Crippen molar-refractivity contribution in [3.8, 4) is 0 Å². The van der Waals surface area contributed by atoms with Crippen molar-refractivity contribution in [1.29, 1.82) is 0 Å². The van der Waals surface area contributed by atoms with Crippen LogP contribution in [-0.4, -0.2) is 5.78 Å². The molecular weight excluding hydrogens is 148 g/mol. The van der Waals surface area contributed by atoms with Crippen LogP contribution in [0.4, 0.5) is 0 Å². The van der Waals surface area contributed by atoms with Gasteiger partial charge in [-0.1, -0.05) is 34.6 Å². The zero-order valence-electron chi connectivity index (χ0n) is 9.05. The molecule has 72 valence electrons. The topological polar surface area (TPSA) is 17.1 Å². The Morgan fingerprint density at radius 1 is 1.08 bits per heavy atom. The SMILES string of the molecule is CC(C)C[C@H](C)CC(=O)C(C)C. The molecule has 0 amide bonds. The Kier molecular flexibility index (Phi) is 5.19. The maximum atomic E-state index is 11.3. The highest BCUT2D eigenvalue weighted by atomic mass is 16.1. The van der Waals surface area contributed by atoms with Crippen molar-refractivity contribution in [3.05, 3.63) is 0 Å². The minimum Gasteiger partial charge on any atom is -0.299 e. The maximum Gasteiger partial charge on any atom is 0.135 e. The van der Waals surface area contributed by atoms with Crippen LogP contribution in [0.15, 0.2) is 0 Å². The molecular formula is C11H22O. The zero-order chi connectivity index (χ0) is 9.72. The van der Waals surface area contributed by atoms with Gasteiger partial charge in [0.2, 0.25) is 0 Å². The first kappa shape index (κ1) is 11.7. The Morgan fingerprint density at radius 3 is 1.92 bits per heavy atom. The van der Waals surface area contributed by atoms with Gasteiger partial charge in [0, 0.05) is 12.3 Å². The Hall–Kier alpha value is -0.330. The number of hydrogen-bond acceptors (Lipinski definition) is 1. The van der Waals surface area contributed by atoms with Crippen LogP contribution in [0.5, 0.6) is 0 Å². The Balaban J connectivity index is 3.69.